The standard InChI is InChI=1S/C9H14ClN3S/c1-9(2-4-11-5-3-9)13-8-12-7(10)6-14-8/h6,11H,2-5H2,1H3,(H,12,13). The average molecular weight is 232 g/mol. The van der Waals surface area contributed by atoms with Crippen molar-refractivity contribution in [3.8, 4) is 0 Å². The molecule has 1 saturated heterocycles. The number of hydrogen-bond acceptors (Lipinski definition) is 4. The zero-order chi connectivity index (χ0) is 10.0. The molecule has 1 aromatic heterocycles. The number of rotatable bonds is 2. The lowest BCUT2D eigenvalue weighted by Crippen LogP contribution is -2.45. The fourth-order valence-corrected chi connectivity index (χ4v) is 2.66. The molecule has 5 heteroatoms. The highest BCUT2D eigenvalue weighted by atomic mass is 35.5. The first-order valence-electron chi connectivity index (χ1n) is 4.78. The highest BCUT2D eigenvalue weighted by Gasteiger charge is 2.26. The first-order chi connectivity index (χ1) is 6.68. The molecule has 0 atom stereocenters. The SMILES string of the molecule is CC1(Nc2nc(Cl)cs2)CCNCC1. The number of nitrogens with zero attached hydrogens (tertiary/aromatic N) is 1. The molecule has 0 radical (unpaired) electrons. The van der Waals surface area contributed by atoms with E-state index in [4.69, 9.17) is 11.6 Å². The predicted molar refractivity (Wildman–Crippen MR) is 61.3 cm³/mol. The Kier molecular flexibility index (Phi) is 2.95. The van der Waals surface area contributed by atoms with Crippen LogP contribution in [0.1, 0.15) is 19.8 Å². The first kappa shape index (κ1) is 10.2. The smallest absolute Gasteiger partial charge is 0.184 e. The number of hydrogen-bond donors (Lipinski definition) is 2. The summed E-state index contributed by atoms with van der Waals surface area (Å²) in [5.74, 6) is 0. The summed E-state index contributed by atoms with van der Waals surface area (Å²) in [5, 5.41) is 10.2. The quantitative estimate of drug-likeness (QED) is 0.821. The zero-order valence-corrected chi connectivity index (χ0v) is 9.71. The molecule has 78 valence electrons. The molecule has 0 unspecified atom stereocenters. The van der Waals surface area contributed by atoms with Crippen LogP contribution in [0.25, 0.3) is 0 Å². The Bertz CT molecular complexity index is 307. The number of piperidine rings is 1. The van der Waals surface area contributed by atoms with Crippen LogP contribution in [0.3, 0.4) is 0 Å². The molecule has 0 aliphatic carbocycles. The van der Waals surface area contributed by atoms with Crippen molar-refractivity contribution in [2.75, 3.05) is 18.4 Å². The summed E-state index contributed by atoms with van der Waals surface area (Å²) in [7, 11) is 0. The van der Waals surface area contributed by atoms with E-state index in [1.54, 1.807) is 11.3 Å². The summed E-state index contributed by atoms with van der Waals surface area (Å²) in [5.41, 5.74) is 0.173. The summed E-state index contributed by atoms with van der Waals surface area (Å²) in [4.78, 5) is 4.20. The third-order valence-corrected chi connectivity index (χ3v) is 3.67. The maximum Gasteiger partial charge on any atom is 0.184 e. The Morgan fingerprint density at radius 2 is 2.29 bits per heavy atom. The topological polar surface area (TPSA) is 37.0 Å². The summed E-state index contributed by atoms with van der Waals surface area (Å²) in [6.45, 7) is 4.38. The Labute approximate surface area is 92.9 Å². The molecule has 14 heavy (non-hydrogen) atoms. The van der Waals surface area contributed by atoms with Gasteiger partial charge in [-0.15, -0.1) is 11.3 Å². The fraction of sp³-hybridized carbons (Fsp3) is 0.667. The van der Waals surface area contributed by atoms with Crippen LogP contribution < -0.4 is 10.6 Å². The largest absolute Gasteiger partial charge is 0.356 e. The normalized spacial score (nSPS) is 20.7. The van der Waals surface area contributed by atoms with Crippen LogP contribution in [0.2, 0.25) is 5.15 Å². The summed E-state index contributed by atoms with van der Waals surface area (Å²) < 4.78 is 0. The van der Waals surface area contributed by atoms with Crippen molar-refractivity contribution in [3.63, 3.8) is 0 Å². The van der Waals surface area contributed by atoms with Gasteiger partial charge in [0.2, 0.25) is 0 Å². The highest BCUT2D eigenvalue weighted by Crippen LogP contribution is 2.27. The molecule has 2 rings (SSSR count). The van der Waals surface area contributed by atoms with Gasteiger partial charge in [0.05, 0.1) is 0 Å². The van der Waals surface area contributed by atoms with E-state index in [0.717, 1.165) is 31.1 Å². The van der Waals surface area contributed by atoms with Crippen LogP contribution >= 0.6 is 22.9 Å². The van der Waals surface area contributed by atoms with Crippen molar-refractivity contribution in [2.45, 2.75) is 25.3 Å². The average Bonchev–Trinajstić information content (AvgIpc) is 2.51. The molecule has 1 aliphatic heterocycles. The molecule has 0 spiro atoms. The van der Waals surface area contributed by atoms with Crippen molar-refractivity contribution in [1.82, 2.24) is 10.3 Å². The molecule has 1 aromatic rings. The van der Waals surface area contributed by atoms with E-state index in [1.165, 1.54) is 0 Å². The van der Waals surface area contributed by atoms with Gasteiger partial charge in [-0.25, -0.2) is 4.98 Å². The van der Waals surface area contributed by atoms with Crippen molar-refractivity contribution in [1.29, 1.82) is 0 Å². The van der Waals surface area contributed by atoms with Crippen LogP contribution in [-0.4, -0.2) is 23.6 Å². The van der Waals surface area contributed by atoms with E-state index in [0.29, 0.717) is 5.15 Å². The van der Waals surface area contributed by atoms with Crippen molar-refractivity contribution in [3.05, 3.63) is 10.5 Å². The third-order valence-electron chi connectivity index (χ3n) is 2.59. The molecule has 0 bridgehead atoms. The van der Waals surface area contributed by atoms with Gasteiger partial charge in [0, 0.05) is 10.9 Å². The minimum Gasteiger partial charge on any atom is -0.356 e. The van der Waals surface area contributed by atoms with E-state index in [1.807, 2.05) is 5.38 Å². The van der Waals surface area contributed by atoms with Gasteiger partial charge in [0.1, 0.15) is 5.15 Å². The molecular formula is C9H14ClN3S. The minimum absolute atomic E-state index is 0.173. The van der Waals surface area contributed by atoms with E-state index in [2.05, 4.69) is 22.5 Å². The van der Waals surface area contributed by atoms with E-state index in [9.17, 15) is 0 Å². The van der Waals surface area contributed by atoms with Gasteiger partial charge in [0.15, 0.2) is 5.13 Å². The van der Waals surface area contributed by atoms with Crippen LogP contribution in [0.4, 0.5) is 5.13 Å². The lowest BCUT2D eigenvalue weighted by Gasteiger charge is -2.34. The number of nitrogens with one attached hydrogen (secondary N) is 2. The number of aromatic nitrogens is 1. The predicted octanol–water partition coefficient (Wildman–Crippen LogP) is 2.35. The number of thiazole rings is 1. The Balaban J connectivity index is 2.01. The molecule has 2 N–H and O–H groups in total. The van der Waals surface area contributed by atoms with Crippen LogP contribution in [0, 0.1) is 0 Å². The molecule has 3 nitrogen and oxygen atoms in total. The Morgan fingerprint density at radius 3 is 2.86 bits per heavy atom. The lowest BCUT2D eigenvalue weighted by molar-refractivity contribution is 0.365. The number of halogens is 1. The Hall–Kier alpha value is -0.320. The second-order valence-corrected chi connectivity index (χ2v) is 5.16. The van der Waals surface area contributed by atoms with Gasteiger partial charge in [-0.3, -0.25) is 0 Å². The molecule has 1 aliphatic rings. The van der Waals surface area contributed by atoms with Gasteiger partial charge < -0.3 is 10.6 Å². The first-order valence-corrected chi connectivity index (χ1v) is 6.04. The van der Waals surface area contributed by atoms with Crippen LogP contribution in [0.5, 0.6) is 0 Å². The van der Waals surface area contributed by atoms with E-state index >= 15 is 0 Å². The maximum absolute atomic E-state index is 5.77. The van der Waals surface area contributed by atoms with Gasteiger partial charge in [-0.2, -0.15) is 0 Å². The zero-order valence-electron chi connectivity index (χ0n) is 8.14. The highest BCUT2D eigenvalue weighted by molar-refractivity contribution is 7.14. The summed E-state index contributed by atoms with van der Waals surface area (Å²) in [6.07, 6.45) is 2.26. The fourth-order valence-electron chi connectivity index (χ4n) is 1.67. The molecule has 0 amide bonds. The van der Waals surface area contributed by atoms with Crippen molar-refractivity contribution >= 4 is 28.1 Å². The molecule has 0 saturated carbocycles. The molecule has 2 heterocycles. The minimum atomic E-state index is 0.173. The summed E-state index contributed by atoms with van der Waals surface area (Å²) >= 11 is 7.34. The lowest BCUT2D eigenvalue weighted by atomic mass is 9.91. The van der Waals surface area contributed by atoms with Gasteiger partial charge in [-0.05, 0) is 32.9 Å². The van der Waals surface area contributed by atoms with Crippen LogP contribution in [-0.2, 0) is 0 Å². The molecule has 1 fully saturated rings. The van der Waals surface area contributed by atoms with Crippen LogP contribution in [0.15, 0.2) is 5.38 Å². The maximum atomic E-state index is 5.77. The van der Waals surface area contributed by atoms with Gasteiger partial charge in [-0.1, -0.05) is 11.6 Å². The third kappa shape index (κ3) is 2.38. The van der Waals surface area contributed by atoms with Gasteiger partial charge in [0.25, 0.3) is 0 Å². The Morgan fingerprint density at radius 1 is 1.57 bits per heavy atom. The number of anilines is 1. The molecular weight excluding hydrogens is 218 g/mol. The van der Waals surface area contributed by atoms with E-state index < -0.39 is 0 Å². The van der Waals surface area contributed by atoms with Gasteiger partial charge >= 0.3 is 0 Å². The monoisotopic (exact) mass is 231 g/mol. The second kappa shape index (κ2) is 4.04. The summed E-state index contributed by atoms with van der Waals surface area (Å²) in [6, 6.07) is 0. The second-order valence-electron chi connectivity index (χ2n) is 3.91. The van der Waals surface area contributed by atoms with Crippen molar-refractivity contribution in [2.24, 2.45) is 0 Å². The van der Waals surface area contributed by atoms with E-state index in [-0.39, 0.29) is 5.54 Å². The van der Waals surface area contributed by atoms with Crippen molar-refractivity contribution < 1.29 is 0 Å². The molecule has 0 aromatic carbocycles.